The van der Waals surface area contributed by atoms with Gasteiger partial charge in [0.15, 0.2) is 5.78 Å². The topological polar surface area (TPSA) is 43.1 Å². The van der Waals surface area contributed by atoms with E-state index in [-0.39, 0.29) is 5.78 Å². The van der Waals surface area contributed by atoms with E-state index >= 15 is 0 Å². The molecule has 1 aromatic carbocycles. The lowest BCUT2D eigenvalue weighted by Crippen LogP contribution is -1.92. The van der Waals surface area contributed by atoms with E-state index in [0.717, 1.165) is 16.3 Å². The lowest BCUT2D eigenvalue weighted by molar-refractivity contribution is 0.105. The zero-order valence-electron chi connectivity index (χ0n) is 11.4. The number of benzene rings is 1. The molecule has 0 amide bonds. The van der Waals surface area contributed by atoms with Crippen molar-refractivity contribution in [2.75, 3.05) is 0 Å². The normalized spacial score (nSPS) is 11.1. The van der Waals surface area contributed by atoms with E-state index in [9.17, 15) is 4.79 Å². The van der Waals surface area contributed by atoms with Crippen molar-refractivity contribution in [3.8, 4) is 10.6 Å². The second-order valence-electron chi connectivity index (χ2n) is 4.51. The first-order valence-corrected chi connectivity index (χ1v) is 7.34. The highest BCUT2D eigenvalue weighted by molar-refractivity contribution is 7.17. The molecule has 0 aliphatic carbocycles. The van der Waals surface area contributed by atoms with Gasteiger partial charge in [0, 0.05) is 5.56 Å². The van der Waals surface area contributed by atoms with Gasteiger partial charge < -0.3 is 4.42 Å². The van der Waals surface area contributed by atoms with Crippen LogP contribution in [0.4, 0.5) is 0 Å². The Morgan fingerprint density at radius 1 is 1.19 bits per heavy atom. The SMILES string of the molecule is Cc1nc(-c2ccccc2)sc1C(=O)C=Cc1ccco1. The minimum atomic E-state index is -0.0522. The first kappa shape index (κ1) is 13.5. The molecule has 3 nitrogen and oxygen atoms in total. The number of thiazole rings is 1. The van der Waals surface area contributed by atoms with Crippen LogP contribution in [-0.2, 0) is 0 Å². The number of nitrogens with zero attached hydrogens (tertiary/aromatic N) is 1. The number of rotatable bonds is 4. The molecular weight excluding hydrogens is 282 g/mol. The highest BCUT2D eigenvalue weighted by Crippen LogP contribution is 2.28. The molecule has 3 rings (SSSR count). The molecule has 0 saturated carbocycles. The summed E-state index contributed by atoms with van der Waals surface area (Å²) in [6.07, 6.45) is 4.77. The van der Waals surface area contributed by atoms with E-state index < -0.39 is 0 Å². The van der Waals surface area contributed by atoms with E-state index in [1.807, 2.05) is 37.3 Å². The smallest absolute Gasteiger partial charge is 0.197 e. The lowest BCUT2D eigenvalue weighted by Gasteiger charge is -1.92. The van der Waals surface area contributed by atoms with Gasteiger partial charge in [-0.3, -0.25) is 4.79 Å². The fourth-order valence-electron chi connectivity index (χ4n) is 1.95. The fourth-order valence-corrected chi connectivity index (χ4v) is 2.94. The molecule has 0 spiro atoms. The number of ketones is 1. The van der Waals surface area contributed by atoms with Gasteiger partial charge in [-0.1, -0.05) is 30.3 Å². The number of aryl methyl sites for hydroxylation is 1. The summed E-state index contributed by atoms with van der Waals surface area (Å²) in [5.41, 5.74) is 1.78. The third-order valence-corrected chi connectivity index (χ3v) is 4.20. The molecule has 0 radical (unpaired) electrons. The van der Waals surface area contributed by atoms with Crippen LogP contribution in [0.15, 0.2) is 59.2 Å². The third-order valence-electron chi connectivity index (χ3n) is 2.98. The molecule has 2 heterocycles. The van der Waals surface area contributed by atoms with Gasteiger partial charge in [0.05, 0.1) is 16.8 Å². The number of carbonyl (C=O) groups is 1. The lowest BCUT2D eigenvalue weighted by atomic mass is 10.2. The Balaban J connectivity index is 1.86. The fraction of sp³-hybridized carbons (Fsp3) is 0.0588. The van der Waals surface area contributed by atoms with Crippen LogP contribution in [0, 0.1) is 6.92 Å². The van der Waals surface area contributed by atoms with E-state index in [0.29, 0.717) is 10.6 Å². The van der Waals surface area contributed by atoms with Gasteiger partial charge in [-0.25, -0.2) is 4.98 Å². The monoisotopic (exact) mass is 295 g/mol. The summed E-state index contributed by atoms with van der Waals surface area (Å²) in [5, 5.41) is 0.864. The quantitative estimate of drug-likeness (QED) is 0.521. The van der Waals surface area contributed by atoms with Crippen LogP contribution in [0.2, 0.25) is 0 Å². The van der Waals surface area contributed by atoms with Crippen LogP contribution in [0.25, 0.3) is 16.6 Å². The Labute approximate surface area is 126 Å². The summed E-state index contributed by atoms with van der Waals surface area (Å²) in [5.74, 6) is 0.609. The third kappa shape index (κ3) is 3.01. The van der Waals surface area contributed by atoms with Crippen molar-refractivity contribution >= 4 is 23.2 Å². The Morgan fingerprint density at radius 2 is 2.00 bits per heavy atom. The summed E-state index contributed by atoms with van der Waals surface area (Å²) in [7, 11) is 0. The summed E-state index contributed by atoms with van der Waals surface area (Å²) >= 11 is 1.42. The van der Waals surface area contributed by atoms with E-state index in [1.165, 1.54) is 17.4 Å². The van der Waals surface area contributed by atoms with E-state index in [1.54, 1.807) is 24.5 Å². The van der Waals surface area contributed by atoms with Crippen LogP contribution in [0.1, 0.15) is 21.1 Å². The van der Waals surface area contributed by atoms with Crippen molar-refractivity contribution in [3.05, 3.63) is 71.1 Å². The van der Waals surface area contributed by atoms with Gasteiger partial charge in [-0.05, 0) is 31.2 Å². The second kappa shape index (κ2) is 5.89. The molecule has 0 bridgehead atoms. The first-order chi connectivity index (χ1) is 10.2. The van der Waals surface area contributed by atoms with E-state index in [4.69, 9.17) is 4.42 Å². The molecule has 0 unspecified atom stereocenters. The summed E-state index contributed by atoms with van der Waals surface area (Å²) in [6, 6.07) is 13.5. The van der Waals surface area contributed by atoms with Gasteiger partial charge >= 0.3 is 0 Å². The van der Waals surface area contributed by atoms with Crippen molar-refractivity contribution in [2.45, 2.75) is 6.92 Å². The van der Waals surface area contributed by atoms with Gasteiger partial charge in [0.1, 0.15) is 10.8 Å². The molecular formula is C17H13NO2S. The number of allylic oxidation sites excluding steroid dienone is 1. The maximum absolute atomic E-state index is 12.2. The predicted molar refractivity (Wildman–Crippen MR) is 84.4 cm³/mol. The largest absolute Gasteiger partial charge is 0.465 e. The molecule has 0 aliphatic rings. The highest BCUT2D eigenvalue weighted by atomic mass is 32.1. The van der Waals surface area contributed by atoms with Crippen LogP contribution < -0.4 is 0 Å². The summed E-state index contributed by atoms with van der Waals surface area (Å²) in [4.78, 5) is 17.4. The standard InChI is InChI=1S/C17H13NO2S/c1-12-16(15(19)10-9-14-8-5-11-20-14)21-17(18-12)13-6-3-2-4-7-13/h2-11H,1H3. The molecule has 104 valence electrons. The van der Waals surface area contributed by atoms with Crippen LogP contribution in [-0.4, -0.2) is 10.8 Å². The maximum atomic E-state index is 12.2. The zero-order chi connectivity index (χ0) is 14.7. The van der Waals surface area contributed by atoms with Crippen molar-refractivity contribution < 1.29 is 9.21 Å². The molecule has 0 aliphatic heterocycles. The molecule has 3 aromatic rings. The Kier molecular flexibility index (Phi) is 3.79. The Hall–Kier alpha value is -2.46. The number of aromatic nitrogens is 1. The predicted octanol–water partition coefficient (Wildman–Crippen LogP) is 4.61. The number of furan rings is 1. The number of hydrogen-bond acceptors (Lipinski definition) is 4. The first-order valence-electron chi connectivity index (χ1n) is 6.53. The van der Waals surface area contributed by atoms with Crippen LogP contribution in [0.5, 0.6) is 0 Å². The molecule has 0 atom stereocenters. The summed E-state index contributed by atoms with van der Waals surface area (Å²) in [6.45, 7) is 1.86. The van der Waals surface area contributed by atoms with Gasteiger partial charge in [0.2, 0.25) is 0 Å². The molecule has 0 fully saturated rings. The zero-order valence-corrected chi connectivity index (χ0v) is 12.3. The minimum Gasteiger partial charge on any atom is -0.465 e. The molecule has 0 N–H and O–H groups in total. The van der Waals surface area contributed by atoms with Crippen molar-refractivity contribution in [3.63, 3.8) is 0 Å². The molecule has 4 heteroatoms. The van der Waals surface area contributed by atoms with Crippen molar-refractivity contribution in [1.29, 1.82) is 0 Å². The number of hydrogen-bond donors (Lipinski definition) is 0. The average Bonchev–Trinajstić information content (AvgIpc) is 3.15. The Morgan fingerprint density at radius 3 is 2.71 bits per heavy atom. The highest BCUT2D eigenvalue weighted by Gasteiger charge is 2.14. The van der Waals surface area contributed by atoms with Crippen LogP contribution in [0.3, 0.4) is 0 Å². The number of carbonyl (C=O) groups excluding carboxylic acids is 1. The van der Waals surface area contributed by atoms with Crippen molar-refractivity contribution in [1.82, 2.24) is 4.98 Å². The van der Waals surface area contributed by atoms with E-state index in [2.05, 4.69) is 4.98 Å². The molecule has 21 heavy (non-hydrogen) atoms. The van der Waals surface area contributed by atoms with Gasteiger partial charge in [-0.2, -0.15) is 0 Å². The minimum absolute atomic E-state index is 0.0522. The second-order valence-corrected chi connectivity index (χ2v) is 5.51. The van der Waals surface area contributed by atoms with Crippen molar-refractivity contribution in [2.24, 2.45) is 0 Å². The van der Waals surface area contributed by atoms with Crippen LogP contribution >= 0.6 is 11.3 Å². The molecule has 0 saturated heterocycles. The Bertz CT molecular complexity index is 770. The maximum Gasteiger partial charge on any atom is 0.197 e. The molecule has 2 aromatic heterocycles. The summed E-state index contributed by atoms with van der Waals surface area (Å²) < 4.78 is 5.17. The van der Waals surface area contributed by atoms with Gasteiger partial charge in [0.25, 0.3) is 0 Å². The van der Waals surface area contributed by atoms with Gasteiger partial charge in [-0.15, -0.1) is 11.3 Å². The average molecular weight is 295 g/mol.